The van der Waals surface area contributed by atoms with Gasteiger partial charge in [-0.3, -0.25) is 0 Å². The Kier molecular flexibility index (Phi) is 1.99. The predicted octanol–water partition coefficient (Wildman–Crippen LogP) is -0.208. The lowest BCUT2D eigenvalue weighted by Crippen LogP contribution is -1.96. The Morgan fingerprint density at radius 3 is 2.33 bits per heavy atom. The van der Waals surface area contributed by atoms with Gasteiger partial charge in [-0.05, 0) is 0 Å². The smallest absolute Gasteiger partial charge is 0.331 e. The lowest BCUT2D eigenvalue weighted by Gasteiger charge is -1.87. The van der Waals surface area contributed by atoms with Crippen LogP contribution < -0.4 is 5.90 Å². The summed E-state index contributed by atoms with van der Waals surface area (Å²) in [6.45, 7) is 0. The van der Waals surface area contributed by atoms with Crippen LogP contribution in [-0.2, 0) is 4.84 Å². The van der Waals surface area contributed by atoms with Gasteiger partial charge in [0.25, 0.3) is 0 Å². The van der Waals surface area contributed by atoms with Gasteiger partial charge in [-0.15, -0.1) is 0 Å². The molecule has 0 rings (SSSR count). The first-order chi connectivity index (χ1) is 2.81. The Bertz CT molecular complexity index is 59.8. The fourth-order valence-electron chi connectivity index (χ4n) is 0.0304. The SMILES string of the molecule is NOC(O)=CO. The highest BCUT2D eigenvalue weighted by molar-refractivity contribution is 4.66. The molecule has 4 heteroatoms. The van der Waals surface area contributed by atoms with Crippen LogP contribution in [0.4, 0.5) is 0 Å². The molecule has 0 aromatic carbocycles. The monoisotopic (exact) mass is 91.0 g/mol. The molecule has 0 aromatic heterocycles. The Morgan fingerprint density at radius 2 is 2.33 bits per heavy atom. The molecule has 0 aliphatic rings. The molecule has 0 radical (unpaired) electrons. The summed E-state index contributed by atoms with van der Waals surface area (Å²) in [6, 6.07) is 0. The number of aliphatic hydroxyl groups is 2. The van der Waals surface area contributed by atoms with Crippen LogP contribution in [0.3, 0.4) is 0 Å². The molecule has 0 saturated carbocycles. The van der Waals surface area contributed by atoms with E-state index < -0.39 is 5.95 Å². The van der Waals surface area contributed by atoms with Crippen LogP contribution >= 0.6 is 0 Å². The van der Waals surface area contributed by atoms with E-state index in [1.54, 1.807) is 0 Å². The minimum Gasteiger partial charge on any atom is -0.508 e. The third kappa shape index (κ3) is 1.42. The molecular formula is C2H5NO3. The highest BCUT2D eigenvalue weighted by Gasteiger charge is 1.80. The maximum Gasteiger partial charge on any atom is 0.331 e. The van der Waals surface area contributed by atoms with Crippen LogP contribution in [0, 0.1) is 0 Å². The van der Waals surface area contributed by atoms with Crippen molar-refractivity contribution >= 4 is 0 Å². The summed E-state index contributed by atoms with van der Waals surface area (Å²) in [6.07, 6.45) is 0.347. The molecule has 0 aliphatic carbocycles. The average molecular weight is 91.1 g/mol. The average Bonchev–Trinajstić information content (AvgIpc) is 1.65. The van der Waals surface area contributed by atoms with Gasteiger partial charge in [-0.1, -0.05) is 0 Å². The highest BCUT2D eigenvalue weighted by Crippen LogP contribution is 1.77. The lowest BCUT2D eigenvalue weighted by molar-refractivity contribution is 0.0834. The Labute approximate surface area is 34.4 Å². The minimum absolute atomic E-state index is 0.347. The molecule has 4 nitrogen and oxygen atoms in total. The van der Waals surface area contributed by atoms with Gasteiger partial charge in [0.15, 0.2) is 6.26 Å². The topological polar surface area (TPSA) is 75.7 Å². The maximum atomic E-state index is 7.93. The molecule has 0 saturated heterocycles. The van der Waals surface area contributed by atoms with Crippen molar-refractivity contribution in [2.45, 2.75) is 0 Å². The van der Waals surface area contributed by atoms with E-state index in [0.29, 0.717) is 6.26 Å². The molecule has 0 heterocycles. The minimum atomic E-state index is -0.699. The summed E-state index contributed by atoms with van der Waals surface area (Å²) < 4.78 is 0. The van der Waals surface area contributed by atoms with Crippen LogP contribution in [-0.4, -0.2) is 10.2 Å². The van der Waals surface area contributed by atoms with Crippen molar-refractivity contribution in [3.63, 3.8) is 0 Å². The van der Waals surface area contributed by atoms with Gasteiger partial charge < -0.3 is 15.1 Å². The summed E-state index contributed by atoms with van der Waals surface area (Å²) in [5, 5.41) is 15.6. The zero-order valence-corrected chi connectivity index (χ0v) is 2.96. The summed E-state index contributed by atoms with van der Waals surface area (Å²) in [4.78, 5) is 3.57. The van der Waals surface area contributed by atoms with Crippen LogP contribution in [0.15, 0.2) is 12.2 Å². The Hall–Kier alpha value is -0.900. The molecule has 0 atom stereocenters. The van der Waals surface area contributed by atoms with E-state index >= 15 is 0 Å². The van der Waals surface area contributed by atoms with E-state index in [4.69, 9.17) is 10.2 Å². The number of nitrogens with two attached hydrogens (primary N) is 1. The van der Waals surface area contributed by atoms with Crippen molar-refractivity contribution in [1.82, 2.24) is 0 Å². The molecule has 36 valence electrons. The quantitative estimate of drug-likeness (QED) is 0.308. The van der Waals surface area contributed by atoms with Crippen LogP contribution in [0.5, 0.6) is 0 Å². The maximum absolute atomic E-state index is 7.93. The fraction of sp³-hybridized carbons (Fsp3) is 0. The second-order valence-corrected chi connectivity index (χ2v) is 0.585. The predicted molar refractivity (Wildman–Crippen MR) is 18.6 cm³/mol. The zero-order chi connectivity index (χ0) is 4.99. The summed E-state index contributed by atoms with van der Waals surface area (Å²) in [5.74, 6) is 3.61. The Morgan fingerprint density at radius 1 is 1.83 bits per heavy atom. The van der Waals surface area contributed by atoms with Crippen molar-refractivity contribution in [3.8, 4) is 0 Å². The third-order valence-corrected chi connectivity index (χ3v) is 0.231. The van der Waals surface area contributed by atoms with E-state index in [9.17, 15) is 0 Å². The van der Waals surface area contributed by atoms with Gasteiger partial charge in [-0.2, -0.15) is 5.90 Å². The molecule has 0 spiro atoms. The normalized spacial score (nSPS) is 11.2. The number of hydrogen-bond acceptors (Lipinski definition) is 4. The van der Waals surface area contributed by atoms with E-state index in [1.165, 1.54) is 0 Å². The van der Waals surface area contributed by atoms with Gasteiger partial charge in [0.1, 0.15) is 0 Å². The van der Waals surface area contributed by atoms with Crippen molar-refractivity contribution in [3.05, 3.63) is 12.2 Å². The van der Waals surface area contributed by atoms with Gasteiger partial charge in [0.05, 0.1) is 0 Å². The lowest BCUT2D eigenvalue weighted by atomic mass is 11.0. The standard InChI is InChI=1S/C2H5NO3/c3-6-2(5)1-4/h1,4-5H,3H2. The van der Waals surface area contributed by atoms with Crippen molar-refractivity contribution in [2.24, 2.45) is 5.90 Å². The number of hydrogen-bond donors (Lipinski definition) is 3. The highest BCUT2D eigenvalue weighted by atomic mass is 16.7. The molecule has 0 aliphatic heterocycles. The molecule has 0 bridgehead atoms. The van der Waals surface area contributed by atoms with Gasteiger partial charge in [-0.25, -0.2) is 0 Å². The fourth-order valence-corrected chi connectivity index (χ4v) is 0.0304. The van der Waals surface area contributed by atoms with E-state index in [2.05, 4.69) is 10.7 Å². The van der Waals surface area contributed by atoms with Crippen molar-refractivity contribution in [2.75, 3.05) is 0 Å². The van der Waals surface area contributed by atoms with Crippen LogP contribution in [0.25, 0.3) is 0 Å². The first kappa shape index (κ1) is 5.10. The zero-order valence-electron chi connectivity index (χ0n) is 2.96. The first-order valence-electron chi connectivity index (χ1n) is 1.21. The second kappa shape index (κ2) is 2.34. The van der Waals surface area contributed by atoms with Crippen LogP contribution in [0.1, 0.15) is 0 Å². The van der Waals surface area contributed by atoms with Crippen LogP contribution in [0.2, 0.25) is 0 Å². The molecule has 6 heavy (non-hydrogen) atoms. The Balaban J connectivity index is 3.22. The molecule has 0 amide bonds. The van der Waals surface area contributed by atoms with E-state index in [0.717, 1.165) is 0 Å². The molecule has 0 unspecified atom stereocenters. The molecule has 4 N–H and O–H groups in total. The van der Waals surface area contributed by atoms with Crippen molar-refractivity contribution < 1.29 is 15.1 Å². The largest absolute Gasteiger partial charge is 0.508 e. The number of aliphatic hydroxyl groups excluding tert-OH is 2. The van der Waals surface area contributed by atoms with E-state index in [-0.39, 0.29) is 0 Å². The van der Waals surface area contributed by atoms with Gasteiger partial charge in [0.2, 0.25) is 0 Å². The number of rotatable bonds is 1. The summed E-state index contributed by atoms with van der Waals surface area (Å²) >= 11 is 0. The summed E-state index contributed by atoms with van der Waals surface area (Å²) in [7, 11) is 0. The van der Waals surface area contributed by atoms with Crippen molar-refractivity contribution in [1.29, 1.82) is 0 Å². The molecule has 0 aromatic rings. The summed E-state index contributed by atoms with van der Waals surface area (Å²) in [5.41, 5.74) is 0. The molecule has 0 fully saturated rings. The second-order valence-electron chi connectivity index (χ2n) is 0.585. The molecular weight excluding hydrogens is 86.0 g/mol. The van der Waals surface area contributed by atoms with Gasteiger partial charge >= 0.3 is 5.95 Å². The van der Waals surface area contributed by atoms with Gasteiger partial charge in [0, 0.05) is 0 Å². The third-order valence-electron chi connectivity index (χ3n) is 0.231. The first-order valence-corrected chi connectivity index (χ1v) is 1.21. The van der Waals surface area contributed by atoms with E-state index in [1.807, 2.05) is 0 Å².